The highest BCUT2D eigenvalue weighted by Crippen LogP contribution is 2.12. The molecule has 0 aromatic heterocycles. The molecule has 4 amide bonds. The molecule has 0 unspecified atom stereocenters. The molecule has 0 radical (unpaired) electrons. The van der Waals surface area contributed by atoms with Crippen LogP contribution < -0.4 is 5.73 Å². The fourth-order valence-corrected chi connectivity index (χ4v) is 2.60. The molecule has 0 atom stereocenters. The van der Waals surface area contributed by atoms with Crippen molar-refractivity contribution in [3.63, 3.8) is 0 Å². The van der Waals surface area contributed by atoms with Crippen molar-refractivity contribution >= 4 is 35.4 Å². The number of hydrogen-bond donors (Lipinski definition) is 1. The first-order chi connectivity index (χ1) is 10.9. The van der Waals surface area contributed by atoms with Gasteiger partial charge in [0.05, 0.1) is 25.8 Å². The Hall–Kier alpha value is -2.29. The summed E-state index contributed by atoms with van der Waals surface area (Å²) in [5.41, 5.74) is 5.02. The Morgan fingerprint density at radius 2 is 1.43 bits per heavy atom. The molecule has 9 heteroatoms. The molecule has 23 heavy (non-hydrogen) atoms. The summed E-state index contributed by atoms with van der Waals surface area (Å²) in [6.45, 7) is 7.07. The van der Waals surface area contributed by atoms with Gasteiger partial charge in [-0.05, 0) is 12.2 Å². The van der Waals surface area contributed by atoms with Gasteiger partial charge in [-0.3, -0.25) is 19.2 Å². The van der Waals surface area contributed by atoms with Crippen molar-refractivity contribution in [1.29, 1.82) is 0 Å². The van der Waals surface area contributed by atoms with E-state index in [9.17, 15) is 19.2 Å². The molecule has 0 bridgehead atoms. The smallest absolute Gasteiger partial charge is 0.248 e. The zero-order chi connectivity index (χ0) is 17.4. The van der Waals surface area contributed by atoms with Crippen LogP contribution in [0.3, 0.4) is 0 Å². The van der Waals surface area contributed by atoms with Crippen LogP contribution >= 0.6 is 11.8 Å². The summed E-state index contributed by atoms with van der Waals surface area (Å²) in [6.07, 6.45) is 2.45. The number of nitrogens with zero attached hydrogens (tertiary/aromatic N) is 3. The van der Waals surface area contributed by atoms with Gasteiger partial charge in [0, 0.05) is 12.2 Å². The lowest BCUT2D eigenvalue weighted by atomic mass is 10.3. The minimum Gasteiger partial charge on any atom is -0.369 e. The first-order valence-electron chi connectivity index (χ1n) is 6.85. The number of nitrogens with two attached hydrogens (primary N) is 1. The number of primary amides is 1. The maximum absolute atomic E-state index is 12.2. The highest BCUT2D eigenvalue weighted by molar-refractivity contribution is 7.99. The van der Waals surface area contributed by atoms with Crippen molar-refractivity contribution in [3.8, 4) is 0 Å². The summed E-state index contributed by atoms with van der Waals surface area (Å²) < 4.78 is 0. The van der Waals surface area contributed by atoms with Gasteiger partial charge in [0.25, 0.3) is 0 Å². The number of thioether (sulfide) groups is 1. The molecule has 0 aliphatic carbocycles. The van der Waals surface area contributed by atoms with E-state index >= 15 is 0 Å². The van der Waals surface area contributed by atoms with E-state index < -0.39 is 5.91 Å². The fourth-order valence-electron chi connectivity index (χ4n) is 1.94. The standard InChI is InChI=1S/C14H20N4O4S/c1-3-12(20)16-8-17(13(21)4-2)10-18(9-16)14(22)5-6-23-7-11(15)19/h3-4H,1-2,5-10H2,(H2,15,19). The van der Waals surface area contributed by atoms with Crippen LogP contribution in [0.1, 0.15) is 6.42 Å². The van der Waals surface area contributed by atoms with Crippen LogP contribution in [0, 0.1) is 0 Å². The fraction of sp³-hybridized carbons (Fsp3) is 0.429. The van der Waals surface area contributed by atoms with Gasteiger partial charge in [-0.1, -0.05) is 13.2 Å². The summed E-state index contributed by atoms with van der Waals surface area (Å²) >= 11 is 1.26. The summed E-state index contributed by atoms with van der Waals surface area (Å²) in [7, 11) is 0. The first-order valence-corrected chi connectivity index (χ1v) is 8.01. The third kappa shape index (κ3) is 5.78. The van der Waals surface area contributed by atoms with Crippen LogP contribution in [0.2, 0.25) is 0 Å². The summed E-state index contributed by atoms with van der Waals surface area (Å²) in [6, 6.07) is 0. The molecule has 1 aliphatic rings. The van der Waals surface area contributed by atoms with Crippen molar-refractivity contribution in [3.05, 3.63) is 25.3 Å². The zero-order valence-corrected chi connectivity index (χ0v) is 13.6. The van der Waals surface area contributed by atoms with Crippen molar-refractivity contribution in [2.24, 2.45) is 5.73 Å². The van der Waals surface area contributed by atoms with E-state index in [0.717, 1.165) is 12.2 Å². The lowest BCUT2D eigenvalue weighted by Crippen LogP contribution is -2.59. The number of amides is 4. The minimum atomic E-state index is -0.439. The molecule has 1 rings (SSSR count). The highest BCUT2D eigenvalue weighted by Gasteiger charge is 2.29. The monoisotopic (exact) mass is 340 g/mol. The SMILES string of the molecule is C=CC(=O)N1CN(C(=O)C=C)CN(C(=O)CCSCC(N)=O)C1. The van der Waals surface area contributed by atoms with Crippen molar-refractivity contribution in [1.82, 2.24) is 14.7 Å². The maximum atomic E-state index is 12.2. The Balaban J connectivity index is 2.66. The average Bonchev–Trinajstić information content (AvgIpc) is 2.56. The minimum absolute atomic E-state index is 0.0793. The van der Waals surface area contributed by atoms with Gasteiger partial charge in [0.2, 0.25) is 23.6 Å². The van der Waals surface area contributed by atoms with Gasteiger partial charge < -0.3 is 20.4 Å². The van der Waals surface area contributed by atoms with E-state index in [4.69, 9.17) is 5.73 Å². The predicted molar refractivity (Wildman–Crippen MR) is 86.7 cm³/mol. The molecule has 1 heterocycles. The molecule has 0 spiro atoms. The van der Waals surface area contributed by atoms with E-state index in [0.29, 0.717) is 5.75 Å². The maximum Gasteiger partial charge on any atom is 0.248 e. The third-order valence-electron chi connectivity index (χ3n) is 3.05. The second kappa shape index (κ2) is 8.99. The van der Waals surface area contributed by atoms with Gasteiger partial charge in [-0.15, -0.1) is 0 Å². The molecule has 1 saturated heterocycles. The lowest BCUT2D eigenvalue weighted by Gasteiger charge is -2.41. The summed E-state index contributed by atoms with van der Waals surface area (Å²) in [5.74, 6) is -0.810. The van der Waals surface area contributed by atoms with E-state index in [2.05, 4.69) is 13.2 Å². The highest BCUT2D eigenvalue weighted by atomic mass is 32.2. The molecule has 126 valence electrons. The van der Waals surface area contributed by atoms with E-state index in [1.165, 1.54) is 26.5 Å². The van der Waals surface area contributed by atoms with E-state index in [1.54, 1.807) is 0 Å². The second-order valence-electron chi connectivity index (χ2n) is 4.79. The van der Waals surface area contributed by atoms with Crippen molar-refractivity contribution in [2.45, 2.75) is 6.42 Å². The Labute approximate surface area is 138 Å². The van der Waals surface area contributed by atoms with Gasteiger partial charge in [-0.25, -0.2) is 0 Å². The Morgan fingerprint density at radius 1 is 0.957 bits per heavy atom. The predicted octanol–water partition coefficient (Wildman–Crippen LogP) is -0.661. The number of carbonyl (C=O) groups excluding carboxylic acids is 4. The Kier molecular flexibility index (Phi) is 7.33. The molecular weight excluding hydrogens is 320 g/mol. The largest absolute Gasteiger partial charge is 0.369 e. The molecule has 8 nitrogen and oxygen atoms in total. The molecule has 2 N–H and O–H groups in total. The molecule has 1 fully saturated rings. The van der Waals surface area contributed by atoms with Crippen LogP contribution in [0.5, 0.6) is 0 Å². The number of rotatable bonds is 7. The van der Waals surface area contributed by atoms with Crippen LogP contribution in [-0.2, 0) is 19.2 Å². The molecular formula is C14H20N4O4S. The van der Waals surface area contributed by atoms with Gasteiger partial charge >= 0.3 is 0 Å². The van der Waals surface area contributed by atoms with E-state index in [-0.39, 0.29) is 49.9 Å². The summed E-state index contributed by atoms with van der Waals surface area (Å²) in [5, 5.41) is 0. The molecule has 0 aromatic rings. The normalized spacial score (nSPS) is 14.3. The van der Waals surface area contributed by atoms with Crippen LogP contribution in [0.4, 0.5) is 0 Å². The third-order valence-corrected chi connectivity index (χ3v) is 4.04. The van der Waals surface area contributed by atoms with Gasteiger partial charge in [0.15, 0.2) is 0 Å². The molecule has 1 aliphatic heterocycles. The van der Waals surface area contributed by atoms with Crippen LogP contribution in [0.25, 0.3) is 0 Å². The van der Waals surface area contributed by atoms with Gasteiger partial charge in [0.1, 0.15) is 0 Å². The van der Waals surface area contributed by atoms with Crippen molar-refractivity contribution < 1.29 is 19.2 Å². The van der Waals surface area contributed by atoms with Gasteiger partial charge in [-0.2, -0.15) is 11.8 Å². The molecule has 0 saturated carbocycles. The molecule has 0 aromatic carbocycles. The lowest BCUT2D eigenvalue weighted by molar-refractivity contribution is -0.154. The first kappa shape index (κ1) is 18.8. The summed E-state index contributed by atoms with van der Waals surface area (Å²) in [4.78, 5) is 50.5. The quantitative estimate of drug-likeness (QED) is 0.489. The topological polar surface area (TPSA) is 104 Å². The number of hydrogen-bond acceptors (Lipinski definition) is 5. The Morgan fingerprint density at radius 3 is 1.87 bits per heavy atom. The average molecular weight is 340 g/mol. The van der Waals surface area contributed by atoms with Crippen LogP contribution in [0.15, 0.2) is 25.3 Å². The Bertz CT molecular complexity index is 495. The van der Waals surface area contributed by atoms with E-state index in [1.807, 2.05) is 0 Å². The zero-order valence-electron chi connectivity index (χ0n) is 12.8. The van der Waals surface area contributed by atoms with Crippen molar-refractivity contribution in [2.75, 3.05) is 31.5 Å². The second-order valence-corrected chi connectivity index (χ2v) is 5.90. The van der Waals surface area contributed by atoms with Crippen LogP contribution in [-0.4, -0.2) is 69.8 Å². The number of carbonyl (C=O) groups is 4.